The summed E-state index contributed by atoms with van der Waals surface area (Å²) < 4.78 is 5.92. The first-order valence-corrected chi connectivity index (χ1v) is 8.35. The van der Waals surface area contributed by atoms with E-state index in [0.717, 1.165) is 56.5 Å². The fourth-order valence-corrected chi connectivity index (χ4v) is 2.99. The number of rotatable bonds is 7. The number of halogens is 1. The van der Waals surface area contributed by atoms with Gasteiger partial charge >= 0.3 is 0 Å². The minimum atomic E-state index is -0.661. The van der Waals surface area contributed by atoms with Crippen molar-refractivity contribution in [3.05, 3.63) is 28.8 Å². The zero-order valence-corrected chi connectivity index (χ0v) is 13.6. The van der Waals surface area contributed by atoms with E-state index in [-0.39, 0.29) is 0 Å². The number of hydrogen-bond acceptors (Lipinski definition) is 3. The molecule has 3 nitrogen and oxygen atoms in total. The monoisotopic (exact) mass is 311 g/mol. The Kier molecular flexibility index (Phi) is 6.34. The van der Waals surface area contributed by atoms with Crippen LogP contribution in [0.3, 0.4) is 0 Å². The third-order valence-electron chi connectivity index (χ3n) is 4.05. The molecule has 2 N–H and O–H groups in total. The lowest BCUT2D eigenvalue weighted by Gasteiger charge is -2.32. The van der Waals surface area contributed by atoms with Crippen LogP contribution < -0.4 is 10.1 Å². The molecule has 118 valence electrons. The maximum absolute atomic E-state index is 10.5. The van der Waals surface area contributed by atoms with Gasteiger partial charge in [-0.15, -0.1) is 0 Å². The first-order valence-electron chi connectivity index (χ1n) is 7.97. The molecule has 0 atom stereocenters. The molecule has 1 fully saturated rings. The molecule has 0 saturated heterocycles. The second kappa shape index (κ2) is 8.02. The van der Waals surface area contributed by atoms with Gasteiger partial charge in [0.1, 0.15) is 12.4 Å². The van der Waals surface area contributed by atoms with Crippen LogP contribution in [-0.2, 0) is 6.54 Å². The summed E-state index contributed by atoms with van der Waals surface area (Å²) in [7, 11) is 0. The Balaban J connectivity index is 1.97. The number of aliphatic hydroxyl groups is 1. The van der Waals surface area contributed by atoms with Crippen molar-refractivity contribution in [1.82, 2.24) is 5.32 Å². The molecule has 0 unspecified atom stereocenters. The van der Waals surface area contributed by atoms with E-state index < -0.39 is 5.60 Å². The third kappa shape index (κ3) is 5.17. The summed E-state index contributed by atoms with van der Waals surface area (Å²) in [5.41, 5.74) is 0.391. The summed E-state index contributed by atoms with van der Waals surface area (Å²) in [5.74, 6) is 0.821. The van der Waals surface area contributed by atoms with Gasteiger partial charge in [0.2, 0.25) is 0 Å². The van der Waals surface area contributed by atoms with Crippen molar-refractivity contribution in [3.8, 4) is 5.75 Å². The van der Waals surface area contributed by atoms with Crippen LogP contribution in [0.1, 0.15) is 51.0 Å². The summed E-state index contributed by atoms with van der Waals surface area (Å²) in [4.78, 5) is 0. The van der Waals surface area contributed by atoms with Gasteiger partial charge in [-0.05, 0) is 44.0 Å². The molecule has 21 heavy (non-hydrogen) atoms. The van der Waals surface area contributed by atoms with Crippen molar-refractivity contribution >= 4 is 11.6 Å². The van der Waals surface area contributed by atoms with Crippen molar-refractivity contribution in [2.24, 2.45) is 0 Å². The topological polar surface area (TPSA) is 41.5 Å². The molecule has 0 heterocycles. The standard InChI is InChI=1S/C17H26ClNO2/c1-2-10-19-12-14-11-15(18)6-7-16(14)21-13-17(20)8-4-3-5-9-17/h6-7,11,19-20H,2-5,8-10,12-13H2,1H3. The van der Waals surface area contributed by atoms with Crippen LogP contribution in [0, 0.1) is 0 Å². The van der Waals surface area contributed by atoms with Crippen LogP contribution in [0.25, 0.3) is 0 Å². The second-order valence-electron chi connectivity index (χ2n) is 6.00. The second-order valence-corrected chi connectivity index (χ2v) is 6.44. The van der Waals surface area contributed by atoms with Gasteiger partial charge in [-0.25, -0.2) is 0 Å². The summed E-state index contributed by atoms with van der Waals surface area (Å²) in [6.45, 7) is 4.22. The van der Waals surface area contributed by atoms with Crippen LogP contribution in [0.2, 0.25) is 5.02 Å². The number of benzene rings is 1. The Bertz CT molecular complexity index is 444. The summed E-state index contributed by atoms with van der Waals surface area (Å²) in [6.07, 6.45) is 6.16. The van der Waals surface area contributed by atoms with Gasteiger partial charge < -0.3 is 15.2 Å². The lowest BCUT2D eigenvalue weighted by Crippen LogP contribution is -2.38. The number of nitrogens with one attached hydrogen (secondary N) is 1. The van der Waals surface area contributed by atoms with Crippen LogP contribution in [0.4, 0.5) is 0 Å². The molecular weight excluding hydrogens is 286 g/mol. The molecule has 0 bridgehead atoms. The zero-order valence-electron chi connectivity index (χ0n) is 12.8. The van der Waals surface area contributed by atoms with Gasteiger partial charge in [0.05, 0.1) is 5.60 Å². The Labute approximate surface area is 132 Å². The van der Waals surface area contributed by atoms with Gasteiger partial charge in [0, 0.05) is 17.1 Å². The maximum atomic E-state index is 10.5. The van der Waals surface area contributed by atoms with Crippen molar-refractivity contribution in [1.29, 1.82) is 0 Å². The molecule has 0 aromatic heterocycles. The van der Waals surface area contributed by atoms with Gasteiger partial charge in [-0.1, -0.05) is 37.8 Å². The van der Waals surface area contributed by atoms with E-state index in [1.165, 1.54) is 6.42 Å². The largest absolute Gasteiger partial charge is 0.490 e. The van der Waals surface area contributed by atoms with E-state index in [1.54, 1.807) is 0 Å². The quantitative estimate of drug-likeness (QED) is 0.750. The molecular formula is C17H26ClNO2. The highest BCUT2D eigenvalue weighted by molar-refractivity contribution is 6.30. The van der Waals surface area contributed by atoms with Gasteiger partial charge in [0.15, 0.2) is 0 Å². The molecule has 0 radical (unpaired) electrons. The zero-order chi connectivity index (χ0) is 15.1. The van der Waals surface area contributed by atoms with E-state index in [0.29, 0.717) is 11.6 Å². The molecule has 1 saturated carbocycles. The maximum Gasteiger partial charge on any atom is 0.124 e. The van der Waals surface area contributed by atoms with Gasteiger partial charge in [-0.2, -0.15) is 0 Å². The highest BCUT2D eigenvalue weighted by Crippen LogP contribution is 2.30. The average molecular weight is 312 g/mol. The lowest BCUT2D eigenvalue weighted by molar-refractivity contribution is -0.0341. The summed E-state index contributed by atoms with van der Waals surface area (Å²) >= 11 is 6.07. The molecule has 0 spiro atoms. The van der Waals surface area contributed by atoms with Crippen LogP contribution in [0.15, 0.2) is 18.2 Å². The van der Waals surface area contributed by atoms with E-state index in [4.69, 9.17) is 16.3 Å². The first-order chi connectivity index (χ1) is 10.1. The van der Waals surface area contributed by atoms with Crippen LogP contribution in [-0.4, -0.2) is 23.9 Å². The molecule has 1 aromatic rings. The Morgan fingerprint density at radius 2 is 2.05 bits per heavy atom. The molecule has 2 rings (SSSR count). The Morgan fingerprint density at radius 3 is 2.76 bits per heavy atom. The highest BCUT2D eigenvalue weighted by Gasteiger charge is 2.30. The van der Waals surface area contributed by atoms with E-state index in [2.05, 4.69) is 12.2 Å². The highest BCUT2D eigenvalue weighted by atomic mass is 35.5. The van der Waals surface area contributed by atoms with Crippen molar-refractivity contribution in [2.45, 2.75) is 57.6 Å². The van der Waals surface area contributed by atoms with Gasteiger partial charge in [-0.3, -0.25) is 0 Å². The van der Waals surface area contributed by atoms with Crippen molar-refractivity contribution in [3.63, 3.8) is 0 Å². The minimum Gasteiger partial charge on any atom is -0.490 e. The summed E-state index contributed by atoms with van der Waals surface area (Å²) in [6, 6.07) is 5.67. The van der Waals surface area contributed by atoms with E-state index in [1.807, 2.05) is 18.2 Å². The first kappa shape index (κ1) is 16.6. The fraction of sp³-hybridized carbons (Fsp3) is 0.647. The van der Waals surface area contributed by atoms with E-state index in [9.17, 15) is 5.11 Å². The van der Waals surface area contributed by atoms with Crippen LogP contribution >= 0.6 is 11.6 Å². The van der Waals surface area contributed by atoms with E-state index >= 15 is 0 Å². The van der Waals surface area contributed by atoms with Crippen molar-refractivity contribution in [2.75, 3.05) is 13.2 Å². The molecule has 1 aliphatic carbocycles. The minimum absolute atomic E-state index is 0.370. The Morgan fingerprint density at radius 1 is 1.29 bits per heavy atom. The smallest absolute Gasteiger partial charge is 0.124 e. The van der Waals surface area contributed by atoms with Crippen LogP contribution in [0.5, 0.6) is 5.75 Å². The van der Waals surface area contributed by atoms with Gasteiger partial charge in [0.25, 0.3) is 0 Å². The Hall–Kier alpha value is -0.770. The molecule has 1 aliphatic rings. The molecule has 4 heteroatoms. The number of ether oxygens (including phenoxy) is 1. The number of hydrogen-bond donors (Lipinski definition) is 2. The molecule has 0 aliphatic heterocycles. The third-order valence-corrected chi connectivity index (χ3v) is 4.28. The lowest BCUT2D eigenvalue weighted by atomic mass is 9.85. The normalized spacial score (nSPS) is 17.7. The average Bonchev–Trinajstić information content (AvgIpc) is 2.47. The fourth-order valence-electron chi connectivity index (χ4n) is 2.79. The SMILES string of the molecule is CCCNCc1cc(Cl)ccc1OCC1(O)CCCCC1. The molecule has 0 amide bonds. The summed E-state index contributed by atoms with van der Waals surface area (Å²) in [5, 5.41) is 14.6. The predicted octanol–water partition coefficient (Wildman–Crippen LogP) is 3.91. The van der Waals surface area contributed by atoms with Crippen molar-refractivity contribution < 1.29 is 9.84 Å². The molecule has 1 aromatic carbocycles. The predicted molar refractivity (Wildman–Crippen MR) is 87.0 cm³/mol.